The van der Waals surface area contributed by atoms with Crippen molar-refractivity contribution in [1.29, 1.82) is 0 Å². The second kappa shape index (κ2) is 22.2. The van der Waals surface area contributed by atoms with Crippen molar-refractivity contribution in [2.45, 2.75) is 54.4 Å². The van der Waals surface area contributed by atoms with E-state index in [0.29, 0.717) is 5.92 Å². The van der Waals surface area contributed by atoms with Crippen LogP contribution in [0.4, 0.5) is 11.4 Å². The first-order valence-corrected chi connectivity index (χ1v) is 14.5. The van der Waals surface area contributed by atoms with E-state index in [1.165, 1.54) is 33.4 Å². The fourth-order valence-corrected chi connectivity index (χ4v) is 5.66. The summed E-state index contributed by atoms with van der Waals surface area (Å²) in [7, 11) is 0. The van der Waals surface area contributed by atoms with Crippen molar-refractivity contribution in [1.82, 2.24) is 9.97 Å². The van der Waals surface area contributed by atoms with Gasteiger partial charge in [0.05, 0.1) is 35.2 Å². The molecule has 0 fully saturated rings. The third-order valence-electron chi connectivity index (χ3n) is 7.65. The molecule has 0 aliphatic heterocycles. The van der Waals surface area contributed by atoms with Gasteiger partial charge in [0.1, 0.15) is 0 Å². The summed E-state index contributed by atoms with van der Waals surface area (Å²) in [6.45, 7) is 15.3. The largest absolute Gasteiger partial charge is 2.00 e. The quantitative estimate of drug-likeness (QED) is 0.140. The van der Waals surface area contributed by atoms with Crippen molar-refractivity contribution in [2.75, 3.05) is 0 Å². The van der Waals surface area contributed by atoms with Crippen LogP contribution >= 0.6 is 0 Å². The van der Waals surface area contributed by atoms with Crippen molar-refractivity contribution in [3.8, 4) is 22.3 Å². The molecule has 4 nitrogen and oxygen atoms in total. The Hall–Kier alpha value is -1.74. The summed E-state index contributed by atoms with van der Waals surface area (Å²) in [5.41, 5.74) is 15.8. The van der Waals surface area contributed by atoms with Crippen LogP contribution in [0, 0.1) is 34.6 Å². The van der Waals surface area contributed by atoms with Crippen LogP contribution in [0.2, 0.25) is 0 Å². The van der Waals surface area contributed by atoms with Gasteiger partial charge >= 0.3 is 34.1 Å². The van der Waals surface area contributed by atoms with E-state index in [1.807, 2.05) is 48.8 Å². The van der Waals surface area contributed by atoms with Crippen LogP contribution in [0.25, 0.3) is 22.3 Å². The third kappa shape index (κ3) is 11.4. The van der Waals surface area contributed by atoms with E-state index in [2.05, 4.69) is 94.8 Å². The summed E-state index contributed by atoms with van der Waals surface area (Å²) < 4.78 is 0. The molecule has 48 heavy (non-hydrogen) atoms. The number of benzene rings is 3. The summed E-state index contributed by atoms with van der Waals surface area (Å²) >= 11 is 0. The van der Waals surface area contributed by atoms with E-state index in [0.717, 1.165) is 45.0 Å². The molecule has 3 aromatic carbocycles. The zero-order valence-corrected chi connectivity index (χ0v) is 35.9. The molecular weight excluding hydrogens is 959 g/mol. The first-order chi connectivity index (χ1) is 20.2. The molecule has 0 N–H and O–H groups in total. The Morgan fingerprint density at radius 2 is 0.917 bits per heavy atom. The Balaban J connectivity index is 0. The number of rotatable bonds is 7. The molecule has 5 rings (SSSR count). The summed E-state index contributed by atoms with van der Waals surface area (Å²) in [6.07, 6.45) is 7.27. The maximum atomic E-state index is 4.83. The Bertz CT molecular complexity index is 1770. The van der Waals surface area contributed by atoms with Crippen LogP contribution in [0.5, 0.6) is 0 Å². The van der Waals surface area contributed by atoms with E-state index in [9.17, 15) is 0 Å². The maximum absolute atomic E-state index is 4.83. The molecule has 0 spiro atoms. The van der Waals surface area contributed by atoms with Gasteiger partial charge < -0.3 is 67.9 Å². The Kier molecular flexibility index (Phi) is 22.3. The number of hydrogen-bond acceptors (Lipinski definition) is 4. The summed E-state index contributed by atoms with van der Waals surface area (Å²) in [6, 6.07) is 25.4. The minimum atomic E-state index is 0. The summed E-state index contributed by atoms with van der Waals surface area (Å²) in [4.78, 5) is 18.4. The van der Waals surface area contributed by atoms with Crippen molar-refractivity contribution in [3.05, 3.63) is 130 Å². The average Bonchev–Trinajstić information content (AvgIpc) is 2.97. The second-order valence-electron chi connectivity index (χ2n) is 11.3. The number of aromatic nitrogens is 2. The van der Waals surface area contributed by atoms with E-state index >= 15 is 0 Å². The molecule has 260 valence electrons. The molecule has 0 saturated heterocycles. The maximum Gasteiger partial charge on any atom is 2.00 e. The zero-order valence-electron chi connectivity index (χ0n) is 27.7. The standard InChI is InChI=1S/C38H38N4.4BrH.2Cu/c1-24(2)34-15-14-25(3)35(30-18-26(4)37(27(5)19-30)41-22-32-12-8-10-16-39-32)36(34)31-20-28(6)38(29(7)21-31)42-23-33-13-9-11-17-40-33;;;;;;/h8-24H,1-7H3;4*1H;;/q;;;;;2*+2/p-4/b41-22+,42-23+;;;;;;. The number of hydrogen-bond donors (Lipinski definition) is 0. The smallest absolute Gasteiger partial charge is 1.00 e. The molecule has 0 saturated carbocycles. The minimum absolute atomic E-state index is 0. The van der Waals surface area contributed by atoms with Crippen molar-refractivity contribution < 1.29 is 102 Å². The SMILES string of the molecule is Cc1cc(-c2c(C)ccc(C(C)C)c2-c2cc(C)c(/N=C/c3ccccn3)c(C)c2)cc(C)c1/N=C/c1ccccn1.[Br-].[Br-].[Br-].[Br-].[Cu+2].[Cu+2]. The normalized spacial score (nSPS) is 10.2. The van der Waals surface area contributed by atoms with Crippen LogP contribution in [0.1, 0.15) is 64.5 Å². The molecule has 10 heteroatoms. The molecule has 2 radical (unpaired) electrons. The molecule has 0 amide bonds. The molecular formula is C38H38Br4Cu2N4. The van der Waals surface area contributed by atoms with Gasteiger partial charge in [-0.15, -0.1) is 0 Å². The van der Waals surface area contributed by atoms with Crippen LogP contribution in [-0.4, -0.2) is 22.4 Å². The fraction of sp³-hybridized carbons (Fsp3) is 0.211. The van der Waals surface area contributed by atoms with E-state index in [-0.39, 0.29) is 102 Å². The topological polar surface area (TPSA) is 50.5 Å². The number of aryl methyl sites for hydroxylation is 5. The van der Waals surface area contributed by atoms with Gasteiger partial charge in [0.2, 0.25) is 0 Å². The Labute approximate surface area is 349 Å². The van der Waals surface area contributed by atoms with Crippen LogP contribution < -0.4 is 67.9 Å². The van der Waals surface area contributed by atoms with Crippen molar-refractivity contribution in [3.63, 3.8) is 0 Å². The molecule has 0 aliphatic rings. The first-order valence-electron chi connectivity index (χ1n) is 14.5. The van der Waals surface area contributed by atoms with Gasteiger partial charge in [0.15, 0.2) is 0 Å². The van der Waals surface area contributed by atoms with Crippen LogP contribution in [-0.2, 0) is 34.1 Å². The number of aliphatic imine (C=N–C) groups is 2. The number of nitrogens with zero attached hydrogens (tertiary/aromatic N) is 4. The predicted molar refractivity (Wildman–Crippen MR) is 178 cm³/mol. The second-order valence-corrected chi connectivity index (χ2v) is 11.3. The number of halogens is 4. The van der Waals surface area contributed by atoms with Crippen molar-refractivity contribution in [2.24, 2.45) is 9.98 Å². The van der Waals surface area contributed by atoms with Gasteiger partial charge in [-0.1, -0.05) is 38.1 Å². The van der Waals surface area contributed by atoms with Crippen LogP contribution in [0.3, 0.4) is 0 Å². The van der Waals surface area contributed by atoms with E-state index < -0.39 is 0 Å². The van der Waals surface area contributed by atoms with Gasteiger partial charge in [0.25, 0.3) is 0 Å². The first kappa shape index (κ1) is 48.4. The Morgan fingerprint density at radius 3 is 1.27 bits per heavy atom. The minimum Gasteiger partial charge on any atom is -1.00 e. The summed E-state index contributed by atoms with van der Waals surface area (Å²) in [5.74, 6) is 0.367. The van der Waals surface area contributed by atoms with Gasteiger partial charge in [-0.2, -0.15) is 0 Å². The molecule has 0 bridgehead atoms. The van der Waals surface area contributed by atoms with Crippen LogP contribution in [0.15, 0.2) is 95.2 Å². The van der Waals surface area contributed by atoms with Gasteiger partial charge in [0, 0.05) is 12.4 Å². The average molecular weight is 997 g/mol. The predicted octanol–water partition coefficient (Wildman–Crippen LogP) is -2.01. The Morgan fingerprint density at radius 1 is 0.521 bits per heavy atom. The van der Waals surface area contributed by atoms with E-state index in [1.54, 1.807) is 12.4 Å². The monoisotopic (exact) mass is 992 g/mol. The molecule has 0 atom stereocenters. The molecule has 5 aromatic rings. The molecule has 0 aliphatic carbocycles. The number of pyridine rings is 2. The fourth-order valence-electron chi connectivity index (χ4n) is 5.66. The van der Waals surface area contributed by atoms with Gasteiger partial charge in [-0.05, 0) is 145 Å². The van der Waals surface area contributed by atoms with Gasteiger partial charge in [-0.25, -0.2) is 0 Å². The van der Waals surface area contributed by atoms with E-state index in [4.69, 9.17) is 9.98 Å². The molecule has 0 unspecified atom stereocenters. The van der Waals surface area contributed by atoms with Gasteiger partial charge in [-0.3, -0.25) is 20.0 Å². The molecule has 2 aromatic heterocycles. The zero-order chi connectivity index (χ0) is 29.8. The van der Waals surface area contributed by atoms with Crippen molar-refractivity contribution >= 4 is 23.8 Å². The summed E-state index contributed by atoms with van der Waals surface area (Å²) in [5, 5.41) is 0. The molecule has 2 heterocycles. The third-order valence-corrected chi connectivity index (χ3v) is 7.65.